The number of ether oxygens (including phenoxy) is 2. The number of amides is 1. The second-order valence-electron chi connectivity index (χ2n) is 5.80. The summed E-state index contributed by atoms with van der Waals surface area (Å²) in [5.41, 5.74) is 2.88. The van der Waals surface area contributed by atoms with Crippen LogP contribution >= 0.6 is 0 Å². The lowest BCUT2D eigenvalue weighted by atomic mass is 10.0. The number of allylic oxidation sites excluding steroid dienone is 1. The monoisotopic (exact) mass is 353 g/mol. The Hall–Kier alpha value is -3.08. The largest absolute Gasteiger partial charge is 0.467 e. The van der Waals surface area contributed by atoms with Crippen LogP contribution in [0.1, 0.15) is 16.7 Å². The Bertz CT molecular complexity index is 743. The Morgan fingerprint density at radius 1 is 1.08 bits per heavy atom. The molecule has 0 bridgehead atoms. The molecule has 0 saturated carbocycles. The van der Waals surface area contributed by atoms with Crippen LogP contribution in [-0.4, -0.2) is 25.2 Å². The van der Waals surface area contributed by atoms with Gasteiger partial charge in [-0.1, -0.05) is 60.7 Å². The van der Waals surface area contributed by atoms with Crippen molar-refractivity contribution in [1.29, 1.82) is 0 Å². The molecular weight excluding hydrogens is 330 g/mol. The Morgan fingerprint density at radius 3 is 2.46 bits per heavy atom. The first-order valence-corrected chi connectivity index (χ1v) is 8.36. The molecular formula is C21H23NO4. The maximum atomic E-state index is 12.1. The minimum atomic E-state index is -0.817. The molecule has 0 heterocycles. The van der Waals surface area contributed by atoms with E-state index in [9.17, 15) is 9.59 Å². The molecule has 0 unspecified atom stereocenters. The van der Waals surface area contributed by atoms with Crippen molar-refractivity contribution in [3.8, 4) is 0 Å². The second kappa shape index (κ2) is 10.0. The highest BCUT2D eigenvalue weighted by Crippen LogP contribution is 2.10. The van der Waals surface area contributed by atoms with Crippen molar-refractivity contribution in [2.24, 2.45) is 0 Å². The normalized spacial score (nSPS) is 11.3. The van der Waals surface area contributed by atoms with Crippen LogP contribution in [-0.2, 0) is 33.7 Å². The van der Waals surface area contributed by atoms with Crippen molar-refractivity contribution in [3.05, 3.63) is 83.9 Å². The first-order chi connectivity index (χ1) is 12.6. The average molecular weight is 353 g/mol. The summed E-state index contributed by atoms with van der Waals surface area (Å²) < 4.78 is 9.98. The molecule has 0 aromatic heterocycles. The molecule has 0 aliphatic rings. The van der Waals surface area contributed by atoms with Gasteiger partial charge >= 0.3 is 12.1 Å². The quantitative estimate of drug-likeness (QED) is 0.583. The second-order valence-corrected chi connectivity index (χ2v) is 5.80. The standard InChI is InChI=1S/C21H23NO4/c1-3-8-16-11-7-12-18(13-16)14-19(20(23)25-2)22-21(24)26-15-17-9-5-4-6-10-17/h3-7,9-13,19H,1,8,14-15H2,2H3,(H,22,24)/t19-/m1/s1. The van der Waals surface area contributed by atoms with Gasteiger partial charge in [0.25, 0.3) is 0 Å². The predicted molar refractivity (Wildman–Crippen MR) is 99.6 cm³/mol. The summed E-state index contributed by atoms with van der Waals surface area (Å²) in [7, 11) is 1.29. The third-order valence-electron chi connectivity index (χ3n) is 3.80. The van der Waals surface area contributed by atoms with E-state index in [1.807, 2.05) is 60.7 Å². The predicted octanol–water partition coefficient (Wildman–Crippen LogP) is 3.43. The van der Waals surface area contributed by atoms with Gasteiger partial charge in [0, 0.05) is 6.42 Å². The molecule has 5 heteroatoms. The van der Waals surface area contributed by atoms with Crippen LogP contribution in [0.5, 0.6) is 0 Å². The first-order valence-electron chi connectivity index (χ1n) is 8.36. The minimum absolute atomic E-state index is 0.134. The zero-order valence-corrected chi connectivity index (χ0v) is 14.8. The Labute approximate surface area is 153 Å². The highest BCUT2D eigenvalue weighted by molar-refractivity contribution is 5.81. The van der Waals surface area contributed by atoms with E-state index in [-0.39, 0.29) is 6.61 Å². The highest BCUT2D eigenvalue weighted by Gasteiger charge is 2.22. The molecule has 2 aromatic carbocycles. The van der Waals surface area contributed by atoms with E-state index in [2.05, 4.69) is 11.9 Å². The number of methoxy groups -OCH3 is 1. The summed E-state index contributed by atoms with van der Waals surface area (Å²) in [5, 5.41) is 2.58. The molecule has 0 spiro atoms. The molecule has 0 radical (unpaired) electrons. The number of hydrogen-bond acceptors (Lipinski definition) is 4. The van der Waals surface area contributed by atoms with Gasteiger partial charge in [0.1, 0.15) is 12.6 Å². The van der Waals surface area contributed by atoms with Crippen molar-refractivity contribution in [1.82, 2.24) is 5.32 Å². The molecule has 1 amide bonds. The molecule has 2 aromatic rings. The van der Waals surface area contributed by atoms with Crippen LogP contribution in [0.4, 0.5) is 4.79 Å². The Kier molecular flexibility index (Phi) is 7.43. The van der Waals surface area contributed by atoms with Gasteiger partial charge < -0.3 is 14.8 Å². The molecule has 1 N–H and O–H groups in total. The minimum Gasteiger partial charge on any atom is -0.467 e. The van der Waals surface area contributed by atoms with Crippen LogP contribution < -0.4 is 5.32 Å². The van der Waals surface area contributed by atoms with Gasteiger partial charge in [-0.25, -0.2) is 9.59 Å². The topological polar surface area (TPSA) is 64.6 Å². The summed E-state index contributed by atoms with van der Waals surface area (Å²) in [5.74, 6) is -0.518. The van der Waals surface area contributed by atoms with Gasteiger partial charge in [0.15, 0.2) is 0 Å². The zero-order valence-electron chi connectivity index (χ0n) is 14.8. The first kappa shape index (κ1) is 19.2. The van der Waals surface area contributed by atoms with Crippen molar-refractivity contribution >= 4 is 12.1 Å². The van der Waals surface area contributed by atoms with E-state index in [4.69, 9.17) is 9.47 Å². The summed E-state index contributed by atoms with van der Waals surface area (Å²) in [6.45, 7) is 3.86. The van der Waals surface area contributed by atoms with E-state index in [1.165, 1.54) is 7.11 Å². The number of rotatable bonds is 8. The van der Waals surface area contributed by atoms with Gasteiger partial charge in [0.2, 0.25) is 0 Å². The van der Waals surface area contributed by atoms with E-state index >= 15 is 0 Å². The van der Waals surface area contributed by atoms with Crippen LogP contribution in [0.25, 0.3) is 0 Å². The smallest absolute Gasteiger partial charge is 0.408 e. The van der Waals surface area contributed by atoms with Crippen molar-refractivity contribution in [2.75, 3.05) is 7.11 Å². The van der Waals surface area contributed by atoms with E-state index in [0.29, 0.717) is 6.42 Å². The molecule has 26 heavy (non-hydrogen) atoms. The number of benzene rings is 2. The summed E-state index contributed by atoms with van der Waals surface area (Å²) >= 11 is 0. The lowest BCUT2D eigenvalue weighted by Gasteiger charge is -2.17. The number of esters is 1. The molecule has 2 rings (SSSR count). The van der Waals surface area contributed by atoms with E-state index in [1.54, 1.807) is 0 Å². The number of hydrogen-bond donors (Lipinski definition) is 1. The van der Waals surface area contributed by atoms with Crippen molar-refractivity contribution in [2.45, 2.75) is 25.5 Å². The van der Waals surface area contributed by atoms with Crippen molar-refractivity contribution in [3.63, 3.8) is 0 Å². The molecule has 5 nitrogen and oxygen atoms in total. The van der Waals surface area contributed by atoms with E-state index in [0.717, 1.165) is 23.1 Å². The molecule has 0 fully saturated rings. The fraction of sp³-hybridized carbons (Fsp3) is 0.238. The lowest BCUT2D eigenvalue weighted by molar-refractivity contribution is -0.143. The molecule has 0 aliphatic carbocycles. The van der Waals surface area contributed by atoms with Crippen LogP contribution in [0, 0.1) is 0 Å². The lowest BCUT2D eigenvalue weighted by Crippen LogP contribution is -2.43. The Balaban J connectivity index is 1.98. The molecule has 1 atom stereocenters. The fourth-order valence-electron chi connectivity index (χ4n) is 2.53. The summed E-state index contributed by atoms with van der Waals surface area (Å²) in [6.07, 6.45) is 2.21. The van der Waals surface area contributed by atoms with Gasteiger partial charge in [-0.3, -0.25) is 0 Å². The van der Waals surface area contributed by atoms with Gasteiger partial charge in [-0.15, -0.1) is 6.58 Å². The number of carbonyl (C=O) groups excluding carboxylic acids is 2. The van der Waals surface area contributed by atoms with Gasteiger partial charge in [-0.05, 0) is 23.1 Å². The van der Waals surface area contributed by atoms with Crippen LogP contribution in [0.15, 0.2) is 67.3 Å². The highest BCUT2D eigenvalue weighted by atomic mass is 16.6. The van der Waals surface area contributed by atoms with Gasteiger partial charge in [-0.2, -0.15) is 0 Å². The molecule has 0 aliphatic heterocycles. The maximum Gasteiger partial charge on any atom is 0.408 e. The fourth-order valence-corrected chi connectivity index (χ4v) is 2.53. The zero-order chi connectivity index (χ0) is 18.8. The SMILES string of the molecule is C=CCc1cccc(C[C@@H](NC(=O)OCc2ccccc2)C(=O)OC)c1. The number of alkyl carbamates (subject to hydrolysis) is 1. The Morgan fingerprint density at radius 2 is 1.77 bits per heavy atom. The van der Waals surface area contributed by atoms with Gasteiger partial charge in [0.05, 0.1) is 7.11 Å². The van der Waals surface area contributed by atoms with Crippen molar-refractivity contribution < 1.29 is 19.1 Å². The third-order valence-corrected chi connectivity index (χ3v) is 3.80. The number of carbonyl (C=O) groups is 2. The maximum absolute atomic E-state index is 12.1. The molecule has 0 saturated heterocycles. The summed E-state index contributed by atoms with van der Waals surface area (Å²) in [6, 6.07) is 16.3. The molecule has 136 valence electrons. The third kappa shape index (κ3) is 6.09. The summed E-state index contributed by atoms with van der Waals surface area (Å²) in [4.78, 5) is 24.1. The average Bonchev–Trinajstić information content (AvgIpc) is 2.66. The van der Waals surface area contributed by atoms with E-state index < -0.39 is 18.1 Å². The van der Waals surface area contributed by atoms with Crippen LogP contribution in [0.2, 0.25) is 0 Å². The number of nitrogens with one attached hydrogen (secondary N) is 1. The van der Waals surface area contributed by atoms with Crippen LogP contribution in [0.3, 0.4) is 0 Å².